The Morgan fingerprint density at radius 3 is 2.94 bits per heavy atom. The number of rotatable bonds is 4. The molecular weight excluding hydrogens is 242 g/mol. The molecular formula is C12H16ClNO3. The standard InChI is InChI=1S/C12H16ClNO3/c1-2-14-7-10(15)8-5-9(13)12-11(6-8)16-3-4-17-12/h5-6,10,14-15H,2-4,7H2,1H3. The molecule has 17 heavy (non-hydrogen) atoms. The number of aliphatic hydroxyl groups is 1. The Morgan fingerprint density at radius 1 is 1.41 bits per heavy atom. The minimum Gasteiger partial charge on any atom is -0.486 e. The van der Waals surface area contributed by atoms with Gasteiger partial charge in [0.2, 0.25) is 0 Å². The van der Waals surface area contributed by atoms with Crippen LogP contribution in [0.1, 0.15) is 18.6 Å². The average Bonchev–Trinajstić information content (AvgIpc) is 2.36. The summed E-state index contributed by atoms with van der Waals surface area (Å²) in [7, 11) is 0. The van der Waals surface area contributed by atoms with E-state index in [9.17, 15) is 5.11 Å². The third-order valence-corrected chi connectivity index (χ3v) is 2.87. The number of halogens is 1. The highest BCUT2D eigenvalue weighted by Gasteiger charge is 2.19. The molecule has 1 aromatic carbocycles. The Hall–Kier alpha value is -0.970. The first-order chi connectivity index (χ1) is 8.22. The lowest BCUT2D eigenvalue weighted by Gasteiger charge is -2.21. The number of benzene rings is 1. The van der Waals surface area contributed by atoms with Crippen molar-refractivity contribution in [3.05, 3.63) is 22.7 Å². The summed E-state index contributed by atoms with van der Waals surface area (Å²) in [6.45, 7) is 4.31. The first kappa shape index (κ1) is 12.5. The molecule has 1 heterocycles. The van der Waals surface area contributed by atoms with Crippen LogP contribution in [0.25, 0.3) is 0 Å². The van der Waals surface area contributed by atoms with E-state index in [1.165, 1.54) is 0 Å². The van der Waals surface area contributed by atoms with E-state index in [2.05, 4.69) is 5.32 Å². The van der Waals surface area contributed by atoms with Crippen LogP contribution in [0.2, 0.25) is 5.02 Å². The molecule has 2 N–H and O–H groups in total. The molecule has 0 saturated heterocycles. The Labute approximate surface area is 105 Å². The summed E-state index contributed by atoms with van der Waals surface area (Å²) in [5.41, 5.74) is 0.736. The SMILES string of the molecule is CCNCC(O)c1cc(Cl)c2c(c1)OCCO2. The highest BCUT2D eigenvalue weighted by atomic mass is 35.5. The second kappa shape index (κ2) is 5.58. The fourth-order valence-electron chi connectivity index (χ4n) is 1.72. The zero-order valence-electron chi connectivity index (χ0n) is 9.70. The minimum absolute atomic E-state index is 0.479. The third kappa shape index (κ3) is 2.83. The summed E-state index contributed by atoms with van der Waals surface area (Å²) in [6, 6.07) is 3.50. The van der Waals surface area contributed by atoms with Gasteiger partial charge in [-0.05, 0) is 24.2 Å². The Morgan fingerprint density at radius 2 is 2.18 bits per heavy atom. The van der Waals surface area contributed by atoms with Gasteiger partial charge in [-0.25, -0.2) is 0 Å². The van der Waals surface area contributed by atoms with Crippen molar-refractivity contribution in [3.8, 4) is 11.5 Å². The van der Waals surface area contributed by atoms with Gasteiger partial charge < -0.3 is 19.9 Å². The van der Waals surface area contributed by atoms with E-state index in [4.69, 9.17) is 21.1 Å². The maximum atomic E-state index is 9.96. The predicted molar refractivity (Wildman–Crippen MR) is 65.9 cm³/mol. The predicted octanol–water partition coefficient (Wildman–Crippen LogP) is 1.75. The zero-order valence-corrected chi connectivity index (χ0v) is 10.5. The van der Waals surface area contributed by atoms with E-state index in [0.717, 1.165) is 12.1 Å². The van der Waals surface area contributed by atoms with Crippen LogP contribution in [0.15, 0.2) is 12.1 Å². The molecule has 0 radical (unpaired) electrons. The van der Waals surface area contributed by atoms with Crippen LogP contribution in [0.3, 0.4) is 0 Å². The molecule has 4 nitrogen and oxygen atoms in total. The smallest absolute Gasteiger partial charge is 0.179 e. The van der Waals surface area contributed by atoms with Crippen LogP contribution in [-0.4, -0.2) is 31.4 Å². The third-order valence-electron chi connectivity index (χ3n) is 2.59. The fourth-order valence-corrected chi connectivity index (χ4v) is 2.00. The number of nitrogens with one attached hydrogen (secondary N) is 1. The van der Waals surface area contributed by atoms with Crippen LogP contribution >= 0.6 is 11.6 Å². The lowest BCUT2D eigenvalue weighted by Crippen LogP contribution is -2.21. The molecule has 0 aliphatic carbocycles. The van der Waals surface area contributed by atoms with Crippen molar-refractivity contribution in [2.24, 2.45) is 0 Å². The molecule has 94 valence electrons. The van der Waals surface area contributed by atoms with E-state index in [1.807, 2.05) is 6.92 Å². The van der Waals surface area contributed by atoms with Crippen molar-refractivity contribution in [2.45, 2.75) is 13.0 Å². The largest absolute Gasteiger partial charge is 0.486 e. The van der Waals surface area contributed by atoms with Crippen molar-refractivity contribution in [2.75, 3.05) is 26.3 Å². The summed E-state index contributed by atoms with van der Waals surface area (Å²) >= 11 is 6.09. The number of hydrogen-bond acceptors (Lipinski definition) is 4. The minimum atomic E-state index is -0.594. The van der Waals surface area contributed by atoms with E-state index >= 15 is 0 Å². The number of ether oxygens (including phenoxy) is 2. The van der Waals surface area contributed by atoms with Crippen molar-refractivity contribution in [1.82, 2.24) is 5.32 Å². The Balaban J connectivity index is 2.21. The van der Waals surface area contributed by atoms with E-state index < -0.39 is 6.10 Å². The molecule has 1 aromatic rings. The monoisotopic (exact) mass is 257 g/mol. The second-order valence-corrected chi connectivity index (χ2v) is 4.26. The van der Waals surface area contributed by atoms with E-state index in [-0.39, 0.29) is 0 Å². The highest BCUT2D eigenvalue weighted by Crippen LogP contribution is 2.39. The van der Waals surface area contributed by atoms with Gasteiger partial charge >= 0.3 is 0 Å². The van der Waals surface area contributed by atoms with Gasteiger partial charge in [0, 0.05) is 6.54 Å². The van der Waals surface area contributed by atoms with Gasteiger partial charge in [0.25, 0.3) is 0 Å². The summed E-state index contributed by atoms with van der Waals surface area (Å²) in [4.78, 5) is 0. The first-order valence-corrected chi connectivity index (χ1v) is 6.08. The number of likely N-dealkylation sites (N-methyl/N-ethyl adjacent to an activating group) is 1. The maximum absolute atomic E-state index is 9.96. The van der Waals surface area contributed by atoms with E-state index in [0.29, 0.717) is 36.3 Å². The van der Waals surface area contributed by atoms with Gasteiger partial charge in [0.1, 0.15) is 13.2 Å². The van der Waals surface area contributed by atoms with Crippen molar-refractivity contribution < 1.29 is 14.6 Å². The lowest BCUT2D eigenvalue weighted by atomic mass is 10.1. The van der Waals surface area contributed by atoms with Gasteiger partial charge in [-0.1, -0.05) is 18.5 Å². The molecule has 0 amide bonds. The van der Waals surface area contributed by atoms with Gasteiger partial charge in [-0.3, -0.25) is 0 Å². The molecule has 1 unspecified atom stereocenters. The average molecular weight is 258 g/mol. The fraction of sp³-hybridized carbons (Fsp3) is 0.500. The number of aliphatic hydroxyl groups excluding tert-OH is 1. The second-order valence-electron chi connectivity index (χ2n) is 3.85. The topological polar surface area (TPSA) is 50.7 Å². The quantitative estimate of drug-likeness (QED) is 0.863. The van der Waals surface area contributed by atoms with E-state index in [1.54, 1.807) is 12.1 Å². The maximum Gasteiger partial charge on any atom is 0.179 e. The summed E-state index contributed by atoms with van der Waals surface area (Å²) in [6.07, 6.45) is -0.594. The number of fused-ring (bicyclic) bond motifs is 1. The zero-order chi connectivity index (χ0) is 12.3. The molecule has 0 spiro atoms. The molecule has 0 saturated carbocycles. The van der Waals surface area contributed by atoms with Gasteiger partial charge in [-0.2, -0.15) is 0 Å². The van der Waals surface area contributed by atoms with Crippen LogP contribution in [0, 0.1) is 0 Å². The molecule has 1 atom stereocenters. The first-order valence-electron chi connectivity index (χ1n) is 5.70. The van der Waals surface area contributed by atoms with Gasteiger partial charge in [0.05, 0.1) is 11.1 Å². The van der Waals surface area contributed by atoms with Crippen molar-refractivity contribution in [1.29, 1.82) is 0 Å². The molecule has 2 rings (SSSR count). The molecule has 1 aliphatic heterocycles. The van der Waals surface area contributed by atoms with Gasteiger partial charge in [0.15, 0.2) is 11.5 Å². The summed E-state index contributed by atoms with van der Waals surface area (Å²) in [5.74, 6) is 1.17. The van der Waals surface area contributed by atoms with Crippen LogP contribution in [-0.2, 0) is 0 Å². The summed E-state index contributed by atoms with van der Waals surface area (Å²) < 4.78 is 10.9. The van der Waals surface area contributed by atoms with Crippen molar-refractivity contribution >= 4 is 11.6 Å². The normalized spacial score (nSPS) is 15.7. The molecule has 5 heteroatoms. The lowest BCUT2D eigenvalue weighted by molar-refractivity contribution is 0.163. The van der Waals surface area contributed by atoms with Crippen LogP contribution in [0.5, 0.6) is 11.5 Å². The number of hydrogen-bond donors (Lipinski definition) is 2. The van der Waals surface area contributed by atoms with Gasteiger partial charge in [-0.15, -0.1) is 0 Å². The molecule has 0 bridgehead atoms. The highest BCUT2D eigenvalue weighted by molar-refractivity contribution is 6.32. The molecule has 0 aromatic heterocycles. The van der Waals surface area contributed by atoms with Crippen molar-refractivity contribution in [3.63, 3.8) is 0 Å². The van der Waals surface area contributed by atoms with Crippen LogP contribution in [0.4, 0.5) is 0 Å². The Bertz CT molecular complexity index is 398. The Kier molecular flexibility index (Phi) is 4.10. The summed E-state index contributed by atoms with van der Waals surface area (Å²) in [5, 5.41) is 13.5. The van der Waals surface area contributed by atoms with Crippen LogP contribution < -0.4 is 14.8 Å². The molecule has 1 aliphatic rings. The molecule has 0 fully saturated rings.